The number of rotatable bonds is 4. The lowest BCUT2D eigenvalue weighted by molar-refractivity contribution is -0.152. The van der Waals surface area contributed by atoms with Gasteiger partial charge < -0.3 is 9.64 Å². The molecule has 23 heavy (non-hydrogen) atoms. The van der Waals surface area contributed by atoms with Crippen molar-refractivity contribution in [2.45, 2.75) is 32.2 Å². The van der Waals surface area contributed by atoms with Crippen molar-refractivity contribution >= 4 is 22.9 Å². The third-order valence-electron chi connectivity index (χ3n) is 4.01. The summed E-state index contributed by atoms with van der Waals surface area (Å²) in [5.74, 6) is -0.604. The van der Waals surface area contributed by atoms with Gasteiger partial charge in [0.25, 0.3) is 5.91 Å². The molecular formula is C16H20N4O3. The average Bonchev–Trinajstić information content (AvgIpc) is 2.79. The number of carbonyl (C=O) groups is 2. The summed E-state index contributed by atoms with van der Waals surface area (Å²) in [4.78, 5) is 25.8. The van der Waals surface area contributed by atoms with E-state index in [1.54, 1.807) is 4.90 Å². The van der Waals surface area contributed by atoms with Crippen LogP contribution in [0.3, 0.4) is 0 Å². The first kappa shape index (κ1) is 15.5. The Morgan fingerprint density at radius 2 is 1.83 bits per heavy atom. The summed E-state index contributed by atoms with van der Waals surface area (Å²) in [6, 6.07) is 7.38. The molecule has 1 fully saturated rings. The smallest absolute Gasteiger partial charge is 0.328 e. The Morgan fingerprint density at radius 1 is 1.09 bits per heavy atom. The maximum Gasteiger partial charge on any atom is 0.328 e. The van der Waals surface area contributed by atoms with E-state index in [1.807, 2.05) is 24.3 Å². The summed E-state index contributed by atoms with van der Waals surface area (Å²) in [6.45, 7) is 1.26. The number of aromatic nitrogens is 3. The molecule has 1 aromatic carbocycles. The molecule has 0 unspecified atom stereocenters. The Labute approximate surface area is 134 Å². The maximum absolute atomic E-state index is 12.1. The van der Waals surface area contributed by atoms with Gasteiger partial charge in [0.15, 0.2) is 6.61 Å². The number of amides is 1. The third kappa shape index (κ3) is 3.85. The second kappa shape index (κ2) is 7.21. The fraction of sp³-hybridized carbons (Fsp3) is 0.500. The Bertz CT molecular complexity index is 689. The van der Waals surface area contributed by atoms with Crippen LogP contribution in [0.5, 0.6) is 0 Å². The molecule has 2 heterocycles. The molecule has 0 aliphatic carbocycles. The van der Waals surface area contributed by atoms with Crippen molar-refractivity contribution in [3.8, 4) is 0 Å². The quantitative estimate of drug-likeness (QED) is 0.796. The molecule has 0 atom stereocenters. The van der Waals surface area contributed by atoms with Crippen LogP contribution in [0.4, 0.5) is 0 Å². The molecule has 1 aromatic heterocycles. The molecule has 122 valence electrons. The van der Waals surface area contributed by atoms with Gasteiger partial charge in [0.1, 0.15) is 12.1 Å². The van der Waals surface area contributed by atoms with E-state index in [4.69, 9.17) is 4.74 Å². The minimum absolute atomic E-state index is 0.0478. The molecule has 0 saturated carbocycles. The number of hydrogen-bond acceptors (Lipinski definition) is 5. The highest BCUT2D eigenvalue weighted by Gasteiger charge is 2.17. The van der Waals surface area contributed by atoms with Gasteiger partial charge in [-0.3, -0.25) is 9.59 Å². The van der Waals surface area contributed by atoms with Gasteiger partial charge in [-0.25, -0.2) is 4.68 Å². The molecule has 1 aliphatic rings. The SMILES string of the molecule is O=C(Cn1nnc2ccccc21)OCC(=O)N1CCCCCC1. The van der Waals surface area contributed by atoms with Crippen LogP contribution in [0, 0.1) is 0 Å². The number of fused-ring (bicyclic) bond motifs is 1. The number of hydrogen-bond donors (Lipinski definition) is 0. The number of likely N-dealkylation sites (tertiary alicyclic amines) is 1. The van der Waals surface area contributed by atoms with Gasteiger partial charge >= 0.3 is 5.97 Å². The monoisotopic (exact) mass is 316 g/mol. The molecule has 0 radical (unpaired) electrons. The molecule has 1 aliphatic heterocycles. The molecule has 2 aromatic rings. The number of para-hydroxylation sites is 1. The largest absolute Gasteiger partial charge is 0.454 e. The standard InChI is InChI=1S/C16H20N4O3/c21-15(19-9-5-1-2-6-10-19)12-23-16(22)11-20-14-8-4-3-7-13(14)17-18-20/h3-4,7-8H,1-2,5-6,9-12H2. The van der Waals surface area contributed by atoms with Crippen LogP contribution in [0.2, 0.25) is 0 Å². The first-order valence-electron chi connectivity index (χ1n) is 7.96. The predicted molar refractivity (Wildman–Crippen MR) is 83.5 cm³/mol. The van der Waals surface area contributed by atoms with Crippen LogP contribution >= 0.6 is 0 Å². The predicted octanol–water partition coefficient (Wildman–Crippen LogP) is 1.38. The lowest BCUT2D eigenvalue weighted by Crippen LogP contribution is -2.35. The Morgan fingerprint density at radius 3 is 2.61 bits per heavy atom. The summed E-state index contributed by atoms with van der Waals surface area (Å²) < 4.78 is 6.58. The molecule has 3 rings (SSSR count). The topological polar surface area (TPSA) is 77.3 Å². The number of carbonyl (C=O) groups excluding carboxylic acids is 2. The molecular weight excluding hydrogens is 296 g/mol. The first-order chi connectivity index (χ1) is 11.2. The number of ether oxygens (including phenoxy) is 1. The van der Waals surface area contributed by atoms with E-state index in [9.17, 15) is 9.59 Å². The average molecular weight is 316 g/mol. The maximum atomic E-state index is 12.1. The highest BCUT2D eigenvalue weighted by atomic mass is 16.5. The van der Waals surface area contributed by atoms with Gasteiger partial charge in [0.05, 0.1) is 5.52 Å². The summed E-state index contributed by atoms with van der Waals surface area (Å²) in [7, 11) is 0. The molecule has 0 N–H and O–H groups in total. The summed E-state index contributed by atoms with van der Waals surface area (Å²) in [5.41, 5.74) is 1.49. The zero-order chi connectivity index (χ0) is 16.1. The van der Waals surface area contributed by atoms with E-state index in [0.717, 1.165) is 49.8 Å². The van der Waals surface area contributed by atoms with Crippen molar-refractivity contribution in [3.05, 3.63) is 24.3 Å². The van der Waals surface area contributed by atoms with E-state index in [2.05, 4.69) is 10.3 Å². The lowest BCUT2D eigenvalue weighted by atomic mass is 10.2. The van der Waals surface area contributed by atoms with E-state index < -0.39 is 5.97 Å². The van der Waals surface area contributed by atoms with Crippen molar-refractivity contribution in [1.29, 1.82) is 0 Å². The van der Waals surface area contributed by atoms with Crippen LogP contribution in [-0.4, -0.2) is 51.5 Å². The van der Waals surface area contributed by atoms with E-state index in [1.165, 1.54) is 4.68 Å². The number of esters is 1. The van der Waals surface area contributed by atoms with Crippen molar-refractivity contribution in [2.24, 2.45) is 0 Å². The lowest BCUT2D eigenvalue weighted by Gasteiger charge is -2.19. The van der Waals surface area contributed by atoms with E-state index in [-0.39, 0.29) is 19.1 Å². The van der Waals surface area contributed by atoms with Crippen molar-refractivity contribution in [3.63, 3.8) is 0 Å². The molecule has 7 heteroatoms. The molecule has 1 amide bonds. The van der Waals surface area contributed by atoms with Gasteiger partial charge in [-0.2, -0.15) is 0 Å². The minimum Gasteiger partial charge on any atom is -0.454 e. The zero-order valence-corrected chi connectivity index (χ0v) is 13.0. The van der Waals surface area contributed by atoms with Crippen LogP contribution < -0.4 is 0 Å². The van der Waals surface area contributed by atoms with Gasteiger partial charge in [-0.1, -0.05) is 30.2 Å². The fourth-order valence-corrected chi connectivity index (χ4v) is 2.76. The molecule has 0 bridgehead atoms. The number of benzene rings is 1. The van der Waals surface area contributed by atoms with Crippen molar-refractivity contribution in [1.82, 2.24) is 19.9 Å². The van der Waals surface area contributed by atoms with Crippen LogP contribution in [0.15, 0.2) is 24.3 Å². The highest BCUT2D eigenvalue weighted by Crippen LogP contribution is 2.11. The molecule has 1 saturated heterocycles. The summed E-state index contributed by atoms with van der Waals surface area (Å²) in [6.07, 6.45) is 4.35. The van der Waals surface area contributed by atoms with Crippen molar-refractivity contribution in [2.75, 3.05) is 19.7 Å². The second-order valence-electron chi connectivity index (χ2n) is 5.69. The Hall–Kier alpha value is -2.44. The van der Waals surface area contributed by atoms with Gasteiger partial charge in [0, 0.05) is 13.1 Å². The normalized spacial score (nSPS) is 15.4. The Kier molecular flexibility index (Phi) is 4.85. The summed E-state index contributed by atoms with van der Waals surface area (Å²) >= 11 is 0. The molecule has 7 nitrogen and oxygen atoms in total. The van der Waals surface area contributed by atoms with Crippen LogP contribution in [0.1, 0.15) is 25.7 Å². The summed E-state index contributed by atoms with van der Waals surface area (Å²) in [5, 5.41) is 7.92. The second-order valence-corrected chi connectivity index (χ2v) is 5.69. The van der Waals surface area contributed by atoms with Crippen LogP contribution in [-0.2, 0) is 20.9 Å². The fourth-order valence-electron chi connectivity index (χ4n) is 2.76. The van der Waals surface area contributed by atoms with Crippen LogP contribution in [0.25, 0.3) is 11.0 Å². The van der Waals surface area contributed by atoms with E-state index >= 15 is 0 Å². The number of nitrogens with zero attached hydrogens (tertiary/aromatic N) is 4. The zero-order valence-electron chi connectivity index (χ0n) is 13.0. The van der Waals surface area contributed by atoms with Gasteiger partial charge in [-0.05, 0) is 25.0 Å². The highest BCUT2D eigenvalue weighted by molar-refractivity contribution is 5.81. The van der Waals surface area contributed by atoms with E-state index in [0.29, 0.717) is 0 Å². The third-order valence-corrected chi connectivity index (χ3v) is 4.01. The van der Waals surface area contributed by atoms with Gasteiger partial charge in [0.2, 0.25) is 0 Å². The first-order valence-corrected chi connectivity index (χ1v) is 7.96. The van der Waals surface area contributed by atoms with Gasteiger partial charge in [-0.15, -0.1) is 5.10 Å². The molecule has 0 spiro atoms. The van der Waals surface area contributed by atoms with Crippen molar-refractivity contribution < 1.29 is 14.3 Å². The Balaban J connectivity index is 1.52. The minimum atomic E-state index is -0.483.